The lowest BCUT2D eigenvalue weighted by molar-refractivity contribution is -0.143. The fourth-order valence-electron chi connectivity index (χ4n) is 2.91. The quantitative estimate of drug-likeness (QED) is 0.372. The van der Waals surface area contributed by atoms with Crippen LogP contribution in [0.1, 0.15) is 18.9 Å². The van der Waals surface area contributed by atoms with Gasteiger partial charge >= 0.3 is 12.4 Å². The predicted octanol–water partition coefficient (Wildman–Crippen LogP) is 3.35. The number of methoxy groups -OCH3 is 1. The van der Waals surface area contributed by atoms with Crippen LogP contribution in [0.4, 0.5) is 5.69 Å². The van der Waals surface area contributed by atoms with Gasteiger partial charge in [-0.05, 0) is 24.6 Å². The van der Waals surface area contributed by atoms with Crippen LogP contribution in [0.3, 0.4) is 0 Å². The first-order valence-corrected chi connectivity index (χ1v) is 8.81. The molecule has 0 saturated carbocycles. The van der Waals surface area contributed by atoms with Gasteiger partial charge in [-0.3, -0.25) is 4.79 Å². The zero-order chi connectivity index (χ0) is 18.8. The van der Waals surface area contributed by atoms with Crippen molar-refractivity contribution >= 4 is 18.1 Å². The number of hydrogen-bond donors (Lipinski definition) is 0. The molecule has 138 valence electrons. The number of nitrogens with zero attached hydrogens (tertiary/aromatic N) is 1. The molecule has 0 N–H and O–H groups in total. The molecule has 0 aliphatic heterocycles. The van der Waals surface area contributed by atoms with Crippen molar-refractivity contribution in [3.8, 4) is 5.75 Å². The number of quaternary nitrogens is 1. The Kier molecular flexibility index (Phi) is 7.36. The zero-order valence-electron chi connectivity index (χ0n) is 15.4. The van der Waals surface area contributed by atoms with E-state index in [2.05, 4.69) is 0 Å². The van der Waals surface area contributed by atoms with Gasteiger partial charge in [-0.15, -0.1) is 0 Å². The Labute approximate surface area is 154 Å². The Morgan fingerprint density at radius 1 is 1.04 bits per heavy atom. The predicted molar refractivity (Wildman–Crippen MR) is 102 cm³/mol. The molecule has 2 rings (SSSR count). The van der Waals surface area contributed by atoms with Gasteiger partial charge in [-0.25, -0.2) is 9.28 Å². The fourth-order valence-corrected chi connectivity index (χ4v) is 2.91. The van der Waals surface area contributed by atoms with Gasteiger partial charge in [0.25, 0.3) is 0 Å². The molecule has 0 radical (unpaired) electrons. The van der Waals surface area contributed by atoms with Gasteiger partial charge in [-0.2, -0.15) is 0 Å². The van der Waals surface area contributed by atoms with Crippen molar-refractivity contribution in [2.45, 2.75) is 19.8 Å². The van der Waals surface area contributed by atoms with E-state index in [1.54, 1.807) is 14.0 Å². The molecule has 5 heteroatoms. The summed E-state index contributed by atoms with van der Waals surface area (Å²) in [5, 5.41) is 0. The van der Waals surface area contributed by atoms with E-state index in [4.69, 9.17) is 9.47 Å². The number of esters is 1. The SMILES string of the molecule is CCOC(=O)CC[N+](C=O)(CCc1ccccc1)c1ccc(OC)cc1. The molecule has 2 aromatic carbocycles. The maximum absolute atomic E-state index is 12.2. The van der Waals surface area contributed by atoms with E-state index in [1.807, 2.05) is 54.6 Å². The average Bonchev–Trinajstić information content (AvgIpc) is 2.70. The normalized spacial score (nSPS) is 12.8. The van der Waals surface area contributed by atoms with Gasteiger partial charge in [0.2, 0.25) is 0 Å². The molecule has 26 heavy (non-hydrogen) atoms. The standard InChI is InChI=1S/C21H26NO4/c1-3-26-21(24)14-16-22(17-23,15-13-18-7-5-4-6-8-18)19-9-11-20(25-2)12-10-19/h4-12,17H,3,13-16H2,1-2H3/q+1. The van der Waals surface area contributed by atoms with Crippen molar-refractivity contribution < 1.29 is 19.1 Å². The first-order chi connectivity index (χ1) is 12.6. The third-order valence-electron chi connectivity index (χ3n) is 4.45. The summed E-state index contributed by atoms with van der Waals surface area (Å²) in [5.41, 5.74) is 1.99. The van der Waals surface area contributed by atoms with Gasteiger partial charge < -0.3 is 9.47 Å². The van der Waals surface area contributed by atoms with Crippen molar-refractivity contribution in [2.75, 3.05) is 26.8 Å². The molecular weight excluding hydrogens is 330 g/mol. The summed E-state index contributed by atoms with van der Waals surface area (Å²) in [4.78, 5) is 24.0. The molecule has 1 unspecified atom stereocenters. The number of amides is 1. The van der Waals surface area contributed by atoms with Crippen LogP contribution in [0.5, 0.6) is 5.75 Å². The van der Waals surface area contributed by atoms with Crippen LogP contribution in [0, 0.1) is 0 Å². The Bertz CT molecular complexity index is 700. The first kappa shape index (κ1) is 19.7. The van der Waals surface area contributed by atoms with Crippen molar-refractivity contribution in [3.63, 3.8) is 0 Å². The van der Waals surface area contributed by atoms with Crippen LogP contribution in [-0.4, -0.2) is 39.2 Å². The summed E-state index contributed by atoms with van der Waals surface area (Å²) in [6, 6.07) is 17.4. The number of ether oxygens (including phenoxy) is 2. The second-order valence-electron chi connectivity index (χ2n) is 6.08. The van der Waals surface area contributed by atoms with Gasteiger partial charge in [0.15, 0.2) is 0 Å². The fraction of sp³-hybridized carbons (Fsp3) is 0.333. The minimum Gasteiger partial charge on any atom is -0.497 e. The number of hydrogen-bond acceptors (Lipinski definition) is 4. The molecule has 0 fully saturated rings. The van der Waals surface area contributed by atoms with E-state index in [9.17, 15) is 9.59 Å². The highest BCUT2D eigenvalue weighted by molar-refractivity contribution is 5.74. The van der Waals surface area contributed by atoms with Crippen LogP contribution < -0.4 is 9.22 Å². The minimum atomic E-state index is -0.287. The van der Waals surface area contributed by atoms with E-state index in [0.717, 1.165) is 29.8 Å². The number of benzene rings is 2. The molecule has 0 aromatic heterocycles. The van der Waals surface area contributed by atoms with Crippen LogP contribution in [0.2, 0.25) is 0 Å². The van der Waals surface area contributed by atoms with Gasteiger partial charge in [0.1, 0.15) is 18.0 Å². The van der Waals surface area contributed by atoms with Crippen LogP contribution in [-0.2, 0) is 20.7 Å². The summed E-state index contributed by atoms with van der Waals surface area (Å²) in [5.74, 6) is 0.441. The molecular formula is C21H26NO4+. The van der Waals surface area contributed by atoms with E-state index in [0.29, 0.717) is 19.7 Å². The molecule has 1 atom stereocenters. The summed E-state index contributed by atoms with van der Waals surface area (Å²) in [6.07, 6.45) is 1.84. The number of carbonyl (C=O) groups is 2. The Balaban J connectivity index is 2.24. The van der Waals surface area contributed by atoms with Crippen molar-refractivity contribution in [2.24, 2.45) is 0 Å². The third kappa shape index (κ3) is 5.17. The topological polar surface area (TPSA) is 52.6 Å². The third-order valence-corrected chi connectivity index (χ3v) is 4.45. The van der Waals surface area contributed by atoms with E-state index in [1.165, 1.54) is 0 Å². The lowest BCUT2D eigenvalue weighted by atomic mass is 10.1. The largest absolute Gasteiger partial charge is 0.497 e. The second-order valence-corrected chi connectivity index (χ2v) is 6.08. The van der Waals surface area contributed by atoms with Crippen molar-refractivity contribution in [3.05, 3.63) is 60.2 Å². The van der Waals surface area contributed by atoms with Gasteiger partial charge in [0, 0.05) is 18.6 Å². The average molecular weight is 356 g/mol. The van der Waals surface area contributed by atoms with Gasteiger partial charge in [0.05, 0.1) is 26.7 Å². The molecule has 0 heterocycles. The molecule has 0 bridgehead atoms. The van der Waals surface area contributed by atoms with Gasteiger partial charge in [-0.1, -0.05) is 30.3 Å². The Morgan fingerprint density at radius 2 is 1.73 bits per heavy atom. The number of rotatable bonds is 10. The highest BCUT2D eigenvalue weighted by atomic mass is 16.5. The molecule has 0 spiro atoms. The van der Waals surface area contributed by atoms with Crippen molar-refractivity contribution in [1.82, 2.24) is 4.48 Å². The number of carbonyl (C=O) groups excluding carboxylic acids is 2. The summed E-state index contributed by atoms with van der Waals surface area (Å²) in [6.45, 7) is 3.05. The van der Waals surface area contributed by atoms with E-state index in [-0.39, 0.29) is 16.9 Å². The molecule has 5 nitrogen and oxygen atoms in total. The maximum atomic E-state index is 12.2. The molecule has 2 aromatic rings. The smallest absolute Gasteiger partial charge is 0.311 e. The summed E-state index contributed by atoms with van der Waals surface area (Å²) < 4.78 is 10.3. The van der Waals surface area contributed by atoms with Crippen LogP contribution >= 0.6 is 0 Å². The highest BCUT2D eigenvalue weighted by Gasteiger charge is 2.31. The van der Waals surface area contributed by atoms with Crippen molar-refractivity contribution in [1.29, 1.82) is 0 Å². The van der Waals surface area contributed by atoms with Crippen LogP contribution in [0.15, 0.2) is 54.6 Å². The van der Waals surface area contributed by atoms with E-state index >= 15 is 0 Å². The molecule has 0 saturated heterocycles. The summed E-state index contributed by atoms with van der Waals surface area (Å²) >= 11 is 0. The Morgan fingerprint density at radius 3 is 2.31 bits per heavy atom. The monoisotopic (exact) mass is 356 g/mol. The second kappa shape index (κ2) is 9.73. The maximum Gasteiger partial charge on any atom is 0.311 e. The minimum absolute atomic E-state index is 0.0672. The Hall–Kier alpha value is -2.66. The van der Waals surface area contributed by atoms with Crippen LogP contribution in [0.25, 0.3) is 0 Å². The molecule has 0 aliphatic rings. The molecule has 1 amide bonds. The van der Waals surface area contributed by atoms with E-state index < -0.39 is 0 Å². The highest BCUT2D eigenvalue weighted by Crippen LogP contribution is 2.26. The first-order valence-electron chi connectivity index (χ1n) is 8.81. The molecule has 0 aliphatic carbocycles. The lowest BCUT2D eigenvalue weighted by Crippen LogP contribution is -2.50. The lowest BCUT2D eigenvalue weighted by Gasteiger charge is -2.31. The summed E-state index contributed by atoms with van der Waals surface area (Å²) in [7, 11) is 1.60. The zero-order valence-corrected chi connectivity index (χ0v) is 15.4.